The topological polar surface area (TPSA) is 98.8 Å². The highest BCUT2D eigenvalue weighted by atomic mass is 32.2. The van der Waals surface area contributed by atoms with Crippen LogP contribution in [0, 0.1) is 18.2 Å². The van der Waals surface area contributed by atoms with Crippen LogP contribution in [-0.2, 0) is 19.6 Å². The normalized spacial score (nSPS) is 16.5. The number of carbonyl (C=O) groups excluding carboxylic acids is 2. The zero-order valence-electron chi connectivity index (χ0n) is 17.8. The number of nitrogens with zero attached hydrogens (tertiary/aromatic N) is 2. The Hall–Kier alpha value is -2.48. The molecule has 0 aliphatic carbocycles. The van der Waals surface area contributed by atoms with E-state index >= 15 is 0 Å². The van der Waals surface area contributed by atoms with E-state index in [-0.39, 0.29) is 37.5 Å². The number of terminal acetylenes is 1. The van der Waals surface area contributed by atoms with E-state index in [2.05, 4.69) is 21.5 Å². The van der Waals surface area contributed by atoms with Crippen LogP contribution in [0.1, 0.15) is 31.4 Å². The van der Waals surface area contributed by atoms with Crippen molar-refractivity contribution in [1.29, 1.82) is 0 Å². The molecule has 1 aliphatic rings. The first-order chi connectivity index (χ1) is 14.6. The van der Waals surface area contributed by atoms with Crippen molar-refractivity contribution in [1.82, 2.24) is 19.8 Å². The number of likely N-dealkylation sites (tertiary alicyclic amines) is 1. The summed E-state index contributed by atoms with van der Waals surface area (Å²) < 4.78 is 39.9. The molecule has 8 nitrogen and oxygen atoms in total. The van der Waals surface area contributed by atoms with E-state index < -0.39 is 21.8 Å². The molecule has 1 atom stereocenters. The van der Waals surface area contributed by atoms with Crippen LogP contribution in [0.25, 0.3) is 0 Å². The van der Waals surface area contributed by atoms with Gasteiger partial charge in [-0.25, -0.2) is 12.8 Å². The lowest BCUT2D eigenvalue weighted by molar-refractivity contribution is -0.126. The minimum Gasteiger partial charge on any atom is -0.346 e. The first-order valence-corrected chi connectivity index (χ1v) is 11.9. The predicted octanol–water partition coefficient (Wildman–Crippen LogP) is 0.478. The Morgan fingerprint density at radius 1 is 1.26 bits per heavy atom. The van der Waals surface area contributed by atoms with Gasteiger partial charge < -0.3 is 10.6 Å². The average molecular weight is 453 g/mol. The van der Waals surface area contributed by atoms with Crippen molar-refractivity contribution in [2.45, 2.75) is 31.8 Å². The molecule has 170 valence electrons. The van der Waals surface area contributed by atoms with Crippen LogP contribution in [-0.4, -0.2) is 74.5 Å². The third-order valence-electron chi connectivity index (χ3n) is 5.37. The SMILES string of the molecule is C#CCNC(=O)CNC(=O)CN(C1CCN(C(C)c2ccccc2F)CC1)S(C)(=O)=O. The number of halogens is 1. The summed E-state index contributed by atoms with van der Waals surface area (Å²) in [5, 5.41) is 4.82. The number of benzene rings is 1. The van der Waals surface area contributed by atoms with E-state index in [0.29, 0.717) is 31.5 Å². The van der Waals surface area contributed by atoms with E-state index in [1.165, 1.54) is 10.4 Å². The first kappa shape index (κ1) is 24.8. The summed E-state index contributed by atoms with van der Waals surface area (Å²) in [7, 11) is -3.64. The Labute approximate surface area is 183 Å². The lowest BCUT2D eigenvalue weighted by Crippen LogP contribution is -2.51. The summed E-state index contributed by atoms with van der Waals surface area (Å²) in [5.74, 6) is 0.966. The molecule has 2 rings (SSSR count). The van der Waals surface area contributed by atoms with Gasteiger partial charge in [-0.1, -0.05) is 24.1 Å². The van der Waals surface area contributed by atoms with Gasteiger partial charge in [0.15, 0.2) is 0 Å². The zero-order valence-corrected chi connectivity index (χ0v) is 18.6. The molecule has 0 aromatic heterocycles. The number of hydrogen-bond donors (Lipinski definition) is 2. The van der Waals surface area contributed by atoms with Gasteiger partial charge >= 0.3 is 0 Å². The second-order valence-corrected chi connectivity index (χ2v) is 9.47. The maximum atomic E-state index is 14.1. The number of rotatable bonds is 9. The van der Waals surface area contributed by atoms with Crippen LogP contribution in [0.3, 0.4) is 0 Å². The van der Waals surface area contributed by atoms with E-state index in [9.17, 15) is 22.4 Å². The second kappa shape index (κ2) is 11.2. The lowest BCUT2D eigenvalue weighted by atomic mass is 10.00. The molecular formula is C21H29FN4O4S. The van der Waals surface area contributed by atoms with Gasteiger partial charge in [0.25, 0.3) is 0 Å². The number of piperidine rings is 1. The van der Waals surface area contributed by atoms with Crippen molar-refractivity contribution in [3.05, 3.63) is 35.6 Å². The Morgan fingerprint density at radius 3 is 2.48 bits per heavy atom. The lowest BCUT2D eigenvalue weighted by Gasteiger charge is -2.39. The van der Waals surface area contributed by atoms with Gasteiger partial charge in [-0.05, 0) is 25.8 Å². The fourth-order valence-electron chi connectivity index (χ4n) is 3.68. The fraction of sp³-hybridized carbons (Fsp3) is 0.524. The highest BCUT2D eigenvalue weighted by Gasteiger charge is 2.33. The van der Waals surface area contributed by atoms with E-state index in [4.69, 9.17) is 6.42 Å². The molecule has 1 unspecified atom stereocenters. The van der Waals surface area contributed by atoms with Crippen LogP contribution in [0.15, 0.2) is 24.3 Å². The number of nitrogens with one attached hydrogen (secondary N) is 2. The van der Waals surface area contributed by atoms with E-state index in [1.807, 2.05) is 6.92 Å². The van der Waals surface area contributed by atoms with Gasteiger partial charge in [0.05, 0.1) is 25.9 Å². The molecule has 1 aromatic rings. The molecule has 1 heterocycles. The minimum absolute atomic E-state index is 0.0496. The second-order valence-electron chi connectivity index (χ2n) is 7.53. The summed E-state index contributed by atoms with van der Waals surface area (Å²) in [5.41, 5.74) is 0.600. The Balaban J connectivity index is 1.94. The Bertz CT molecular complexity index is 924. The third-order valence-corrected chi connectivity index (χ3v) is 6.65. The minimum atomic E-state index is -3.64. The van der Waals surface area contributed by atoms with Gasteiger partial charge in [-0.3, -0.25) is 14.5 Å². The Kier molecular flexibility index (Phi) is 8.98. The first-order valence-electron chi connectivity index (χ1n) is 10.1. The van der Waals surface area contributed by atoms with Crippen LogP contribution >= 0.6 is 0 Å². The molecule has 2 N–H and O–H groups in total. The number of carbonyl (C=O) groups is 2. The largest absolute Gasteiger partial charge is 0.346 e. The van der Waals surface area contributed by atoms with Crippen molar-refractivity contribution in [3.63, 3.8) is 0 Å². The molecule has 0 radical (unpaired) electrons. The number of amides is 2. The summed E-state index contributed by atoms with van der Waals surface area (Å²) in [6.07, 6.45) is 7.15. The van der Waals surface area contributed by atoms with Crippen LogP contribution < -0.4 is 10.6 Å². The summed E-state index contributed by atoms with van der Waals surface area (Å²) >= 11 is 0. The van der Waals surface area contributed by atoms with Gasteiger partial charge in [-0.15, -0.1) is 6.42 Å². The summed E-state index contributed by atoms with van der Waals surface area (Å²) in [4.78, 5) is 25.9. The molecule has 2 amide bonds. The quantitative estimate of drug-likeness (QED) is 0.531. The smallest absolute Gasteiger partial charge is 0.240 e. The van der Waals surface area contributed by atoms with Crippen LogP contribution in [0.4, 0.5) is 4.39 Å². The van der Waals surface area contributed by atoms with Crippen LogP contribution in [0.5, 0.6) is 0 Å². The third kappa shape index (κ3) is 7.31. The van der Waals surface area contributed by atoms with Gasteiger partial charge in [0, 0.05) is 30.7 Å². The van der Waals surface area contributed by atoms with E-state index in [0.717, 1.165) is 6.26 Å². The monoisotopic (exact) mass is 452 g/mol. The van der Waals surface area contributed by atoms with Crippen molar-refractivity contribution in [2.24, 2.45) is 0 Å². The number of hydrogen-bond acceptors (Lipinski definition) is 5. The van der Waals surface area contributed by atoms with Crippen molar-refractivity contribution < 1.29 is 22.4 Å². The molecular weight excluding hydrogens is 423 g/mol. The van der Waals surface area contributed by atoms with Crippen molar-refractivity contribution >= 4 is 21.8 Å². The number of sulfonamides is 1. The molecule has 0 spiro atoms. The highest BCUT2D eigenvalue weighted by Crippen LogP contribution is 2.28. The van der Waals surface area contributed by atoms with Gasteiger partial charge in [0.2, 0.25) is 21.8 Å². The molecule has 1 aromatic carbocycles. The predicted molar refractivity (Wildman–Crippen MR) is 116 cm³/mol. The molecule has 1 saturated heterocycles. The van der Waals surface area contributed by atoms with Gasteiger partial charge in [0.1, 0.15) is 5.82 Å². The zero-order chi connectivity index (χ0) is 23.0. The molecule has 1 aliphatic heterocycles. The standard InChI is InChI=1S/C21H29FN4O4S/c1-4-11-23-20(27)14-24-21(28)15-26(31(3,29)30)17-9-12-25(13-10-17)16(2)18-7-5-6-8-19(18)22/h1,5-8,16-17H,9-15H2,2-3H3,(H,23,27)(H,24,28). The molecule has 0 saturated carbocycles. The molecule has 31 heavy (non-hydrogen) atoms. The molecule has 1 fully saturated rings. The molecule has 10 heteroatoms. The Morgan fingerprint density at radius 2 is 1.90 bits per heavy atom. The van der Waals surface area contributed by atoms with E-state index in [1.54, 1.807) is 18.2 Å². The van der Waals surface area contributed by atoms with Gasteiger partial charge in [-0.2, -0.15) is 4.31 Å². The maximum Gasteiger partial charge on any atom is 0.240 e. The fourth-order valence-corrected chi connectivity index (χ4v) is 4.78. The maximum absolute atomic E-state index is 14.1. The van der Waals surface area contributed by atoms with Crippen molar-refractivity contribution in [3.8, 4) is 12.3 Å². The van der Waals surface area contributed by atoms with Crippen LogP contribution in [0.2, 0.25) is 0 Å². The highest BCUT2D eigenvalue weighted by molar-refractivity contribution is 7.88. The van der Waals surface area contributed by atoms with Crippen molar-refractivity contribution in [2.75, 3.05) is 39.0 Å². The average Bonchev–Trinajstić information content (AvgIpc) is 2.74. The summed E-state index contributed by atoms with van der Waals surface area (Å²) in [6, 6.07) is 6.12. The molecule has 0 bridgehead atoms. The summed E-state index contributed by atoms with van der Waals surface area (Å²) in [6.45, 7) is 2.47.